The molecular formula is C14H10ClF2NO2. The fourth-order valence-corrected chi connectivity index (χ4v) is 2.01. The number of methoxy groups -OCH3 is 1. The summed E-state index contributed by atoms with van der Waals surface area (Å²) in [4.78, 5) is 12.2. The molecule has 0 bridgehead atoms. The van der Waals surface area contributed by atoms with E-state index in [9.17, 15) is 13.6 Å². The predicted octanol–water partition coefficient (Wildman–Crippen LogP) is 3.44. The topological polar surface area (TPSA) is 52.3 Å². The predicted molar refractivity (Wildman–Crippen MR) is 72.2 cm³/mol. The molecule has 0 amide bonds. The minimum Gasteiger partial charge on any atom is -0.497 e. The van der Waals surface area contributed by atoms with E-state index in [4.69, 9.17) is 22.1 Å². The van der Waals surface area contributed by atoms with Crippen molar-refractivity contribution in [2.24, 2.45) is 0 Å². The molecule has 6 heteroatoms. The highest BCUT2D eigenvalue weighted by molar-refractivity contribution is 6.35. The molecule has 3 nitrogen and oxygen atoms in total. The first-order chi connectivity index (χ1) is 9.43. The second-order valence-corrected chi connectivity index (χ2v) is 4.44. The van der Waals surface area contributed by atoms with Crippen LogP contribution in [0.3, 0.4) is 0 Å². The van der Waals surface area contributed by atoms with Gasteiger partial charge in [-0.25, -0.2) is 8.78 Å². The highest BCUT2D eigenvalue weighted by atomic mass is 35.5. The first kappa shape index (κ1) is 14.3. The summed E-state index contributed by atoms with van der Waals surface area (Å²) >= 11 is 5.87. The van der Waals surface area contributed by atoms with Gasteiger partial charge >= 0.3 is 0 Å². The number of ketones is 1. The molecule has 0 spiro atoms. The first-order valence-corrected chi connectivity index (χ1v) is 5.94. The zero-order valence-corrected chi connectivity index (χ0v) is 11.2. The van der Waals surface area contributed by atoms with Gasteiger partial charge in [-0.15, -0.1) is 0 Å². The normalized spacial score (nSPS) is 10.4. The van der Waals surface area contributed by atoms with E-state index in [1.807, 2.05) is 0 Å². The maximum Gasteiger partial charge on any atom is 0.200 e. The standard InChI is InChI=1S/C14H10ClF2NO2/c1-20-8-5-11(16)13(12(17)6-8)14(19)9-3-2-7(18)4-10(9)15/h2-6H,18H2,1H3. The number of benzene rings is 2. The molecule has 0 aliphatic heterocycles. The lowest BCUT2D eigenvalue weighted by Crippen LogP contribution is -2.09. The van der Waals surface area contributed by atoms with Gasteiger partial charge in [0.2, 0.25) is 0 Å². The summed E-state index contributed by atoms with van der Waals surface area (Å²) in [6.45, 7) is 0. The van der Waals surface area contributed by atoms with Crippen molar-refractivity contribution in [3.05, 3.63) is 58.1 Å². The van der Waals surface area contributed by atoms with E-state index >= 15 is 0 Å². The number of carbonyl (C=O) groups is 1. The Hall–Kier alpha value is -2.14. The SMILES string of the molecule is COc1cc(F)c(C(=O)c2ccc(N)cc2Cl)c(F)c1. The smallest absolute Gasteiger partial charge is 0.200 e. The summed E-state index contributed by atoms with van der Waals surface area (Å²) < 4.78 is 32.4. The van der Waals surface area contributed by atoms with Crippen LogP contribution in [0.25, 0.3) is 0 Å². The van der Waals surface area contributed by atoms with Crippen LogP contribution in [0.2, 0.25) is 5.02 Å². The number of hydrogen-bond donors (Lipinski definition) is 1. The average molecular weight is 298 g/mol. The van der Waals surface area contributed by atoms with Gasteiger partial charge in [0.15, 0.2) is 5.78 Å². The van der Waals surface area contributed by atoms with Gasteiger partial charge in [0, 0.05) is 23.4 Å². The van der Waals surface area contributed by atoms with Crippen LogP contribution < -0.4 is 10.5 Å². The zero-order chi connectivity index (χ0) is 14.9. The average Bonchev–Trinajstić information content (AvgIpc) is 2.37. The maximum absolute atomic E-state index is 13.8. The van der Waals surface area contributed by atoms with Gasteiger partial charge in [0.1, 0.15) is 17.4 Å². The number of halogens is 3. The van der Waals surface area contributed by atoms with Crippen LogP contribution in [-0.4, -0.2) is 12.9 Å². The van der Waals surface area contributed by atoms with Crippen LogP contribution in [0.15, 0.2) is 30.3 Å². The van der Waals surface area contributed by atoms with E-state index in [0.717, 1.165) is 12.1 Å². The van der Waals surface area contributed by atoms with E-state index in [1.54, 1.807) is 0 Å². The van der Waals surface area contributed by atoms with Gasteiger partial charge in [-0.1, -0.05) is 11.6 Å². The van der Waals surface area contributed by atoms with Crippen molar-refractivity contribution < 1.29 is 18.3 Å². The third-order valence-corrected chi connectivity index (χ3v) is 3.03. The van der Waals surface area contributed by atoms with Crippen molar-refractivity contribution in [1.29, 1.82) is 0 Å². The molecular weight excluding hydrogens is 288 g/mol. The second-order valence-electron chi connectivity index (χ2n) is 4.03. The number of hydrogen-bond acceptors (Lipinski definition) is 3. The summed E-state index contributed by atoms with van der Waals surface area (Å²) in [6, 6.07) is 5.96. The molecule has 0 saturated heterocycles. The quantitative estimate of drug-likeness (QED) is 0.697. The fraction of sp³-hybridized carbons (Fsp3) is 0.0714. The third kappa shape index (κ3) is 2.58. The largest absolute Gasteiger partial charge is 0.497 e. The van der Waals surface area contributed by atoms with Crippen LogP contribution in [-0.2, 0) is 0 Å². The van der Waals surface area contributed by atoms with Gasteiger partial charge in [-0.2, -0.15) is 0 Å². The van der Waals surface area contributed by atoms with Gasteiger partial charge in [-0.05, 0) is 18.2 Å². The molecule has 2 rings (SSSR count). The second kappa shape index (κ2) is 5.46. The molecule has 0 aliphatic rings. The van der Waals surface area contributed by atoms with Gasteiger partial charge in [0.05, 0.1) is 17.7 Å². The molecule has 0 heterocycles. The summed E-state index contributed by atoms with van der Waals surface area (Å²) in [7, 11) is 1.27. The Morgan fingerprint density at radius 1 is 1.20 bits per heavy atom. The molecule has 2 aromatic rings. The molecule has 2 aromatic carbocycles. The number of rotatable bonds is 3. The van der Waals surface area contributed by atoms with Crippen LogP contribution in [0.5, 0.6) is 5.75 Å². The van der Waals surface area contributed by atoms with Crippen molar-refractivity contribution in [3.63, 3.8) is 0 Å². The van der Waals surface area contributed by atoms with Crippen molar-refractivity contribution in [1.82, 2.24) is 0 Å². The van der Waals surface area contributed by atoms with E-state index in [2.05, 4.69) is 0 Å². The zero-order valence-electron chi connectivity index (χ0n) is 10.4. The van der Waals surface area contributed by atoms with Gasteiger partial charge in [-0.3, -0.25) is 4.79 Å². The molecule has 0 radical (unpaired) electrons. The molecule has 104 valence electrons. The van der Waals surface area contributed by atoms with Crippen LogP contribution >= 0.6 is 11.6 Å². The van der Waals surface area contributed by atoms with Gasteiger partial charge in [0.25, 0.3) is 0 Å². The Morgan fingerprint density at radius 2 is 1.80 bits per heavy atom. The monoisotopic (exact) mass is 297 g/mol. The van der Waals surface area contributed by atoms with Crippen molar-refractivity contribution >= 4 is 23.1 Å². The van der Waals surface area contributed by atoms with Gasteiger partial charge < -0.3 is 10.5 Å². The maximum atomic E-state index is 13.8. The minimum absolute atomic E-state index is 0.0139. The van der Waals surface area contributed by atoms with Crippen LogP contribution in [0.4, 0.5) is 14.5 Å². The van der Waals surface area contributed by atoms with E-state index < -0.39 is 23.0 Å². The molecule has 0 fully saturated rings. The lowest BCUT2D eigenvalue weighted by atomic mass is 10.0. The molecule has 0 aromatic heterocycles. The lowest BCUT2D eigenvalue weighted by Gasteiger charge is -2.08. The molecule has 20 heavy (non-hydrogen) atoms. The third-order valence-electron chi connectivity index (χ3n) is 2.72. The Kier molecular flexibility index (Phi) is 3.90. The Balaban J connectivity index is 2.54. The van der Waals surface area contributed by atoms with Crippen LogP contribution in [0, 0.1) is 11.6 Å². The molecule has 2 N–H and O–H groups in total. The lowest BCUT2D eigenvalue weighted by molar-refractivity contribution is 0.103. The molecule has 0 saturated carbocycles. The number of carbonyl (C=O) groups excluding carboxylic acids is 1. The number of anilines is 1. The summed E-state index contributed by atoms with van der Waals surface area (Å²) in [5.41, 5.74) is 5.15. The Bertz CT molecular complexity index is 666. The Morgan fingerprint density at radius 3 is 2.30 bits per heavy atom. The summed E-state index contributed by atoms with van der Waals surface area (Å²) in [5.74, 6) is -2.90. The highest BCUT2D eigenvalue weighted by Gasteiger charge is 2.22. The number of nitrogens with two attached hydrogens (primary N) is 1. The minimum atomic E-state index is -1.01. The first-order valence-electron chi connectivity index (χ1n) is 5.56. The summed E-state index contributed by atoms with van der Waals surface area (Å²) in [5, 5.41) is 0.0321. The molecule has 0 atom stereocenters. The highest BCUT2D eigenvalue weighted by Crippen LogP contribution is 2.27. The van der Waals surface area contributed by atoms with E-state index in [0.29, 0.717) is 5.69 Å². The summed E-state index contributed by atoms with van der Waals surface area (Å²) in [6.07, 6.45) is 0. The Labute approximate surface area is 118 Å². The number of ether oxygens (including phenoxy) is 1. The van der Waals surface area contributed by atoms with E-state index in [1.165, 1.54) is 25.3 Å². The molecule has 0 unspecified atom stereocenters. The van der Waals surface area contributed by atoms with Crippen LogP contribution in [0.1, 0.15) is 15.9 Å². The fourth-order valence-electron chi connectivity index (χ4n) is 1.73. The van der Waals surface area contributed by atoms with E-state index in [-0.39, 0.29) is 16.3 Å². The number of nitrogen functional groups attached to an aromatic ring is 1. The molecule has 0 aliphatic carbocycles. The van der Waals surface area contributed by atoms with Crippen molar-refractivity contribution in [2.45, 2.75) is 0 Å². The van der Waals surface area contributed by atoms with Crippen molar-refractivity contribution in [2.75, 3.05) is 12.8 Å². The van der Waals surface area contributed by atoms with Crippen molar-refractivity contribution in [3.8, 4) is 5.75 Å².